The van der Waals surface area contributed by atoms with E-state index in [-0.39, 0.29) is 5.54 Å². The van der Waals surface area contributed by atoms with E-state index in [1.807, 2.05) is 0 Å². The number of hydrogen-bond donors (Lipinski definition) is 0. The predicted molar refractivity (Wildman–Crippen MR) is 99.6 cm³/mol. The zero-order chi connectivity index (χ0) is 15.4. The molecule has 1 aliphatic heterocycles. The zero-order valence-corrected chi connectivity index (χ0v) is 15.2. The van der Waals surface area contributed by atoms with Crippen LogP contribution in [0.15, 0.2) is 43.0 Å². The lowest BCUT2D eigenvalue weighted by atomic mass is 9.89. The van der Waals surface area contributed by atoms with Crippen molar-refractivity contribution in [2.75, 3.05) is 4.90 Å². The van der Waals surface area contributed by atoms with Crippen molar-refractivity contribution in [3.63, 3.8) is 0 Å². The number of rotatable bonds is 1. The van der Waals surface area contributed by atoms with Gasteiger partial charge in [0.2, 0.25) is 0 Å². The third-order valence-electron chi connectivity index (χ3n) is 4.63. The Morgan fingerprint density at radius 3 is 2.29 bits per heavy atom. The first kappa shape index (κ1) is 14.6. The van der Waals surface area contributed by atoms with Crippen molar-refractivity contribution < 1.29 is 0 Å². The van der Waals surface area contributed by atoms with Crippen LogP contribution in [0.1, 0.15) is 36.1 Å². The molecule has 0 aliphatic carbocycles. The molecule has 1 aliphatic rings. The summed E-state index contributed by atoms with van der Waals surface area (Å²) in [4.78, 5) is 2.36. The summed E-state index contributed by atoms with van der Waals surface area (Å²) in [5, 5.41) is 0. The van der Waals surface area contributed by atoms with Crippen LogP contribution in [0.25, 0.3) is 5.70 Å². The van der Waals surface area contributed by atoms with Crippen LogP contribution in [0.3, 0.4) is 0 Å². The molecule has 0 spiro atoms. The van der Waals surface area contributed by atoms with Gasteiger partial charge in [0.05, 0.1) is 5.54 Å². The van der Waals surface area contributed by atoms with Gasteiger partial charge < -0.3 is 4.90 Å². The van der Waals surface area contributed by atoms with E-state index in [2.05, 4.69) is 98.2 Å². The van der Waals surface area contributed by atoms with Crippen LogP contribution in [0.5, 0.6) is 0 Å². The van der Waals surface area contributed by atoms with Gasteiger partial charge in [-0.25, -0.2) is 0 Å². The van der Waals surface area contributed by atoms with Gasteiger partial charge in [-0.15, -0.1) is 0 Å². The fourth-order valence-corrected chi connectivity index (χ4v) is 4.07. The number of anilines is 1. The van der Waals surface area contributed by atoms with Crippen molar-refractivity contribution in [3.05, 3.63) is 68.8 Å². The maximum absolute atomic E-state index is 4.40. The molecule has 1 nitrogen and oxygen atoms in total. The second-order valence-electron chi connectivity index (χ2n) is 6.21. The first-order chi connectivity index (χ1) is 9.85. The van der Waals surface area contributed by atoms with Crippen molar-refractivity contribution in [1.82, 2.24) is 0 Å². The van der Waals surface area contributed by atoms with Crippen molar-refractivity contribution >= 4 is 34.0 Å². The average Bonchev–Trinajstić information content (AvgIpc) is 2.64. The van der Waals surface area contributed by atoms with Gasteiger partial charge in [-0.3, -0.25) is 0 Å². The van der Waals surface area contributed by atoms with Gasteiger partial charge in [0.1, 0.15) is 0 Å². The van der Waals surface area contributed by atoms with Crippen molar-refractivity contribution in [2.24, 2.45) is 0 Å². The summed E-state index contributed by atoms with van der Waals surface area (Å²) in [6.07, 6.45) is 0. The van der Waals surface area contributed by atoms with Crippen LogP contribution < -0.4 is 4.90 Å². The summed E-state index contributed by atoms with van der Waals surface area (Å²) < 4.78 is 1.33. The van der Waals surface area contributed by atoms with Gasteiger partial charge in [-0.05, 0) is 85.2 Å². The molecule has 108 valence electrons. The molecule has 0 saturated heterocycles. The summed E-state index contributed by atoms with van der Waals surface area (Å²) in [7, 11) is 0. The molecule has 0 fully saturated rings. The molecule has 0 N–H and O–H groups in total. The van der Waals surface area contributed by atoms with Crippen LogP contribution in [0.2, 0.25) is 0 Å². The van der Waals surface area contributed by atoms with Crippen molar-refractivity contribution in [2.45, 2.75) is 33.2 Å². The fraction of sp³-hybridized carbons (Fsp3) is 0.263. The van der Waals surface area contributed by atoms with E-state index in [1.165, 1.54) is 31.5 Å². The lowest BCUT2D eigenvalue weighted by Crippen LogP contribution is -2.34. The second kappa shape index (κ2) is 4.87. The number of halogens is 1. The highest BCUT2D eigenvalue weighted by molar-refractivity contribution is 14.1. The minimum absolute atomic E-state index is 0.0772. The molecule has 21 heavy (non-hydrogen) atoms. The van der Waals surface area contributed by atoms with Gasteiger partial charge in [0.25, 0.3) is 0 Å². The third kappa shape index (κ3) is 2.03. The molecule has 2 heteroatoms. The SMILES string of the molecule is C=C1c2c(cc(I)c(C)c2C)C(C)(C)N1c1ccccc1. The molecule has 0 radical (unpaired) electrons. The number of fused-ring (bicyclic) bond motifs is 1. The average molecular weight is 389 g/mol. The summed E-state index contributed by atoms with van der Waals surface area (Å²) in [6, 6.07) is 12.9. The van der Waals surface area contributed by atoms with E-state index in [0.717, 1.165) is 5.70 Å². The molecule has 2 aromatic carbocycles. The summed E-state index contributed by atoms with van der Waals surface area (Å²) >= 11 is 2.44. The number of para-hydroxylation sites is 1. The van der Waals surface area contributed by atoms with Crippen LogP contribution in [-0.4, -0.2) is 0 Å². The number of benzene rings is 2. The lowest BCUT2D eigenvalue weighted by molar-refractivity contribution is 0.559. The first-order valence-electron chi connectivity index (χ1n) is 7.20. The molecule has 0 amide bonds. The van der Waals surface area contributed by atoms with Crippen molar-refractivity contribution in [1.29, 1.82) is 0 Å². The molecular weight excluding hydrogens is 369 g/mol. The Morgan fingerprint density at radius 1 is 1.05 bits per heavy atom. The summed E-state index contributed by atoms with van der Waals surface area (Å²) in [5.41, 5.74) is 7.65. The largest absolute Gasteiger partial charge is 0.332 e. The van der Waals surface area contributed by atoms with Crippen molar-refractivity contribution in [3.8, 4) is 0 Å². The molecule has 0 saturated carbocycles. The molecule has 2 aromatic rings. The molecular formula is C19H20IN. The minimum Gasteiger partial charge on any atom is -0.332 e. The molecule has 0 aromatic heterocycles. The van der Waals surface area contributed by atoms with Crippen LogP contribution in [0.4, 0.5) is 5.69 Å². The van der Waals surface area contributed by atoms with Crippen LogP contribution >= 0.6 is 22.6 Å². The lowest BCUT2D eigenvalue weighted by Gasteiger charge is -2.35. The normalized spacial score (nSPS) is 16.2. The Balaban J connectivity index is 2.27. The van der Waals surface area contributed by atoms with Gasteiger partial charge in [-0.2, -0.15) is 0 Å². The van der Waals surface area contributed by atoms with E-state index in [4.69, 9.17) is 0 Å². The van der Waals surface area contributed by atoms with Gasteiger partial charge >= 0.3 is 0 Å². The highest BCUT2D eigenvalue weighted by atomic mass is 127. The summed E-state index contributed by atoms with van der Waals surface area (Å²) in [5.74, 6) is 0. The van der Waals surface area contributed by atoms with Gasteiger partial charge in [0, 0.05) is 20.5 Å². The first-order valence-corrected chi connectivity index (χ1v) is 8.28. The smallest absolute Gasteiger partial charge is 0.0653 e. The number of nitrogens with zero attached hydrogens (tertiary/aromatic N) is 1. The van der Waals surface area contributed by atoms with Gasteiger partial charge in [-0.1, -0.05) is 24.8 Å². The molecule has 0 unspecified atom stereocenters. The Labute approximate surface area is 140 Å². The van der Waals surface area contributed by atoms with E-state index < -0.39 is 0 Å². The highest BCUT2D eigenvalue weighted by Crippen LogP contribution is 2.49. The zero-order valence-electron chi connectivity index (χ0n) is 13.0. The predicted octanol–water partition coefficient (Wildman–Crippen LogP) is 5.63. The topological polar surface area (TPSA) is 3.24 Å². The monoisotopic (exact) mass is 389 g/mol. The highest BCUT2D eigenvalue weighted by Gasteiger charge is 2.41. The quantitative estimate of drug-likeness (QED) is 0.571. The molecule has 3 rings (SSSR count). The maximum Gasteiger partial charge on any atom is 0.0653 e. The minimum atomic E-state index is -0.0772. The Hall–Kier alpha value is -1.29. The van der Waals surface area contributed by atoms with Gasteiger partial charge in [0.15, 0.2) is 0 Å². The van der Waals surface area contributed by atoms with E-state index in [1.54, 1.807) is 0 Å². The number of hydrogen-bond acceptors (Lipinski definition) is 1. The second-order valence-corrected chi connectivity index (χ2v) is 7.37. The van der Waals surface area contributed by atoms with E-state index in [0.29, 0.717) is 0 Å². The maximum atomic E-state index is 4.40. The third-order valence-corrected chi connectivity index (χ3v) is 5.75. The Morgan fingerprint density at radius 2 is 1.67 bits per heavy atom. The Bertz CT molecular complexity index is 729. The Kier molecular flexibility index (Phi) is 3.40. The molecule has 0 bridgehead atoms. The van der Waals surface area contributed by atoms with E-state index >= 15 is 0 Å². The fourth-order valence-electron chi connectivity index (χ4n) is 3.36. The summed E-state index contributed by atoms with van der Waals surface area (Å²) in [6.45, 7) is 13.4. The molecule has 0 atom stereocenters. The van der Waals surface area contributed by atoms with E-state index in [9.17, 15) is 0 Å². The van der Waals surface area contributed by atoms with Crippen LogP contribution in [0, 0.1) is 17.4 Å². The van der Waals surface area contributed by atoms with Crippen LogP contribution in [-0.2, 0) is 5.54 Å². The standard InChI is InChI=1S/C19H20IN/c1-12-13(2)18-14(3)21(15-9-7-6-8-10-15)19(4,5)16(18)11-17(12)20/h6-11H,3H2,1-2,4-5H3. The molecule has 1 heterocycles.